The predicted octanol–water partition coefficient (Wildman–Crippen LogP) is 2.50. The summed E-state index contributed by atoms with van der Waals surface area (Å²) in [6.07, 6.45) is 0.737. The average Bonchev–Trinajstić information content (AvgIpc) is 3.11. The van der Waals surface area contributed by atoms with Crippen LogP contribution in [-0.2, 0) is 14.9 Å². The number of nitrogens with zero attached hydrogens (tertiary/aromatic N) is 3. The Morgan fingerprint density at radius 1 is 1.15 bits per heavy atom. The zero-order chi connectivity index (χ0) is 19.6. The number of benzene rings is 1. The van der Waals surface area contributed by atoms with Crippen molar-refractivity contribution in [3.05, 3.63) is 35.9 Å². The number of hydrogen-bond donors (Lipinski definition) is 0. The lowest BCUT2D eigenvalue weighted by molar-refractivity contribution is -0.0457. The van der Waals surface area contributed by atoms with Crippen molar-refractivity contribution in [2.75, 3.05) is 32.7 Å². The van der Waals surface area contributed by atoms with Crippen molar-refractivity contribution in [2.24, 2.45) is 0 Å². The maximum absolute atomic E-state index is 13.3. The lowest BCUT2D eigenvalue weighted by atomic mass is 10.1. The van der Waals surface area contributed by atoms with Crippen molar-refractivity contribution in [1.82, 2.24) is 13.5 Å². The first-order valence-corrected chi connectivity index (χ1v) is 11.4. The second-order valence-electron chi connectivity index (χ2n) is 7.81. The number of likely N-dealkylation sites (N-methyl/N-ethyl adjacent to an activating group) is 1. The van der Waals surface area contributed by atoms with E-state index >= 15 is 0 Å². The fourth-order valence-corrected chi connectivity index (χ4v) is 6.34. The largest absolute Gasteiger partial charge is 0.373 e. The van der Waals surface area contributed by atoms with Gasteiger partial charge in [0.1, 0.15) is 0 Å². The summed E-state index contributed by atoms with van der Waals surface area (Å²) in [4.78, 5) is 2.39. The second kappa shape index (κ2) is 8.57. The fraction of sp³-hybridized carbons (Fsp3) is 0.700. The van der Waals surface area contributed by atoms with Crippen LogP contribution in [0.1, 0.15) is 45.7 Å². The van der Waals surface area contributed by atoms with Crippen molar-refractivity contribution in [3.63, 3.8) is 0 Å². The third kappa shape index (κ3) is 4.54. The van der Waals surface area contributed by atoms with Crippen LogP contribution >= 0.6 is 0 Å². The minimum atomic E-state index is -3.48. The van der Waals surface area contributed by atoms with Crippen LogP contribution in [0.25, 0.3) is 0 Å². The van der Waals surface area contributed by atoms with E-state index in [0.29, 0.717) is 25.7 Å². The van der Waals surface area contributed by atoms with Crippen molar-refractivity contribution < 1.29 is 13.2 Å². The number of rotatable bonds is 6. The van der Waals surface area contributed by atoms with Crippen LogP contribution in [0.3, 0.4) is 0 Å². The molecule has 3 rings (SSSR count). The molecule has 0 N–H and O–H groups in total. The SMILES string of the molecule is CCN(C1CCN(C(C)c2ccccc2)C1)S(=O)(=O)N1CC(C)OC(C)C1. The molecule has 6 nitrogen and oxygen atoms in total. The zero-order valence-corrected chi connectivity index (χ0v) is 17.7. The van der Waals surface area contributed by atoms with Crippen LogP contribution in [0, 0.1) is 0 Å². The molecule has 0 aromatic heterocycles. The number of morpholine rings is 1. The standard InChI is InChI=1S/C20H33N3O3S/c1-5-23(27(24,25)22-13-16(2)26-17(3)14-22)20-11-12-21(15-20)18(4)19-9-7-6-8-10-19/h6-10,16-18,20H,5,11-15H2,1-4H3. The van der Waals surface area contributed by atoms with Crippen LogP contribution < -0.4 is 0 Å². The Hall–Kier alpha value is -0.990. The highest BCUT2D eigenvalue weighted by Crippen LogP contribution is 2.29. The molecule has 0 spiro atoms. The van der Waals surface area contributed by atoms with E-state index in [4.69, 9.17) is 4.74 Å². The third-order valence-electron chi connectivity index (χ3n) is 5.75. The molecule has 0 amide bonds. The van der Waals surface area contributed by atoms with E-state index in [9.17, 15) is 8.42 Å². The van der Waals surface area contributed by atoms with E-state index < -0.39 is 10.2 Å². The first kappa shape index (κ1) is 20.7. The predicted molar refractivity (Wildman–Crippen MR) is 108 cm³/mol. The van der Waals surface area contributed by atoms with Gasteiger partial charge >= 0.3 is 0 Å². The Morgan fingerprint density at radius 3 is 2.37 bits per heavy atom. The highest BCUT2D eigenvalue weighted by atomic mass is 32.2. The Labute approximate surface area is 164 Å². The van der Waals surface area contributed by atoms with Gasteiger partial charge in [-0.25, -0.2) is 0 Å². The molecule has 2 aliphatic heterocycles. The summed E-state index contributed by atoms with van der Waals surface area (Å²) in [5.41, 5.74) is 1.28. The summed E-state index contributed by atoms with van der Waals surface area (Å²) >= 11 is 0. The van der Waals surface area contributed by atoms with Gasteiger partial charge in [0.05, 0.1) is 12.2 Å². The molecule has 2 fully saturated rings. The third-order valence-corrected chi connectivity index (χ3v) is 7.85. The number of ether oxygens (including phenoxy) is 1. The maximum Gasteiger partial charge on any atom is 0.282 e. The van der Waals surface area contributed by atoms with Gasteiger partial charge in [0.15, 0.2) is 0 Å². The van der Waals surface area contributed by atoms with Gasteiger partial charge in [0.2, 0.25) is 0 Å². The molecule has 1 aromatic carbocycles. The van der Waals surface area contributed by atoms with E-state index in [2.05, 4.69) is 36.1 Å². The summed E-state index contributed by atoms with van der Waals surface area (Å²) in [5, 5.41) is 0. The molecule has 0 bridgehead atoms. The van der Waals surface area contributed by atoms with Gasteiger partial charge in [-0.3, -0.25) is 4.90 Å². The van der Waals surface area contributed by atoms with E-state index in [1.54, 1.807) is 8.61 Å². The highest BCUT2D eigenvalue weighted by Gasteiger charge is 2.40. The van der Waals surface area contributed by atoms with Crippen molar-refractivity contribution in [1.29, 1.82) is 0 Å². The number of likely N-dealkylation sites (tertiary alicyclic amines) is 1. The van der Waals surface area contributed by atoms with Crippen LogP contribution in [0.4, 0.5) is 0 Å². The molecule has 2 saturated heterocycles. The zero-order valence-electron chi connectivity index (χ0n) is 16.9. The van der Waals surface area contributed by atoms with Gasteiger partial charge in [-0.2, -0.15) is 17.0 Å². The molecule has 1 aromatic rings. The van der Waals surface area contributed by atoms with E-state index in [0.717, 1.165) is 19.5 Å². The Morgan fingerprint density at radius 2 is 1.78 bits per heavy atom. The van der Waals surface area contributed by atoms with Crippen molar-refractivity contribution in [3.8, 4) is 0 Å². The summed E-state index contributed by atoms with van der Waals surface area (Å²) in [7, 11) is -3.48. The Bertz CT molecular complexity index is 702. The van der Waals surface area contributed by atoms with Gasteiger partial charge in [0.25, 0.3) is 10.2 Å². The molecule has 2 aliphatic rings. The molecular weight excluding hydrogens is 362 g/mol. The summed E-state index contributed by atoms with van der Waals surface area (Å²) < 4.78 is 35.7. The summed E-state index contributed by atoms with van der Waals surface area (Å²) in [6.45, 7) is 11.1. The number of hydrogen-bond acceptors (Lipinski definition) is 4. The van der Waals surface area contributed by atoms with Crippen LogP contribution in [0.2, 0.25) is 0 Å². The normalized spacial score (nSPS) is 29.3. The van der Waals surface area contributed by atoms with E-state index in [1.165, 1.54) is 5.56 Å². The molecule has 0 saturated carbocycles. The smallest absolute Gasteiger partial charge is 0.282 e. The second-order valence-corrected chi connectivity index (χ2v) is 9.69. The van der Waals surface area contributed by atoms with E-state index in [-0.39, 0.29) is 18.2 Å². The quantitative estimate of drug-likeness (QED) is 0.743. The minimum Gasteiger partial charge on any atom is -0.373 e. The first-order chi connectivity index (χ1) is 12.8. The molecular formula is C20H33N3O3S. The summed E-state index contributed by atoms with van der Waals surface area (Å²) in [6, 6.07) is 10.7. The molecule has 152 valence electrons. The Kier molecular flexibility index (Phi) is 6.58. The van der Waals surface area contributed by atoms with Crippen molar-refractivity contribution in [2.45, 2.75) is 58.4 Å². The van der Waals surface area contributed by atoms with Crippen LogP contribution in [0.15, 0.2) is 30.3 Å². The molecule has 7 heteroatoms. The molecule has 0 aliphatic carbocycles. The molecule has 4 unspecified atom stereocenters. The van der Waals surface area contributed by atoms with E-state index in [1.807, 2.05) is 26.8 Å². The van der Waals surface area contributed by atoms with Gasteiger partial charge < -0.3 is 4.74 Å². The molecule has 0 radical (unpaired) electrons. The molecule has 27 heavy (non-hydrogen) atoms. The first-order valence-electron chi connectivity index (χ1n) is 10.0. The monoisotopic (exact) mass is 395 g/mol. The van der Waals surface area contributed by atoms with Crippen LogP contribution in [0.5, 0.6) is 0 Å². The molecule has 4 atom stereocenters. The summed E-state index contributed by atoms with van der Waals surface area (Å²) in [5.74, 6) is 0. The maximum atomic E-state index is 13.3. The highest BCUT2D eigenvalue weighted by molar-refractivity contribution is 7.86. The lowest BCUT2D eigenvalue weighted by Crippen LogP contribution is -2.55. The Balaban J connectivity index is 1.70. The van der Waals surface area contributed by atoms with Gasteiger partial charge in [-0.05, 0) is 32.8 Å². The average molecular weight is 396 g/mol. The molecule has 2 heterocycles. The fourth-order valence-electron chi connectivity index (χ4n) is 4.37. The lowest BCUT2D eigenvalue weighted by Gasteiger charge is -2.39. The van der Waals surface area contributed by atoms with Gasteiger partial charge in [-0.1, -0.05) is 37.3 Å². The van der Waals surface area contributed by atoms with Crippen molar-refractivity contribution >= 4 is 10.2 Å². The van der Waals surface area contributed by atoms with Crippen LogP contribution in [-0.4, -0.2) is 72.9 Å². The van der Waals surface area contributed by atoms with Gasteiger partial charge in [0, 0.05) is 44.8 Å². The van der Waals surface area contributed by atoms with Gasteiger partial charge in [-0.15, -0.1) is 0 Å². The minimum absolute atomic E-state index is 0.0274. The topological polar surface area (TPSA) is 53.1 Å².